The largest absolute Gasteiger partial charge is 0.376 e. The van der Waals surface area contributed by atoms with E-state index in [-0.39, 0.29) is 6.03 Å². The predicted octanol–water partition coefficient (Wildman–Crippen LogP) is 1.55. The second-order valence-corrected chi connectivity index (χ2v) is 5.95. The summed E-state index contributed by atoms with van der Waals surface area (Å²) in [4.78, 5) is 12.9. The number of ether oxygens (including phenoxy) is 1. The minimum atomic E-state index is -0.181. The molecule has 2 aromatic rings. The summed E-state index contributed by atoms with van der Waals surface area (Å²) in [6.07, 6.45) is 0.878. The second kappa shape index (κ2) is 6.28. The molecule has 0 saturated heterocycles. The lowest BCUT2D eigenvalue weighted by Gasteiger charge is -2.13. The molecular weight excluding hydrogens is 288 g/mol. The Morgan fingerprint density at radius 2 is 2.33 bits per heavy atom. The summed E-state index contributed by atoms with van der Waals surface area (Å²) in [6.45, 7) is 2.29. The summed E-state index contributed by atoms with van der Waals surface area (Å²) in [5.41, 5.74) is 3.21. The molecule has 0 saturated carbocycles. The number of carbonyl (C=O) groups excluding carboxylic acids is 1. The first kappa shape index (κ1) is 14.1. The Bertz CT molecular complexity index is 621. The second-order valence-electron chi connectivity index (χ2n) is 4.91. The van der Waals surface area contributed by atoms with Gasteiger partial charge in [-0.15, -0.1) is 11.3 Å². The molecule has 0 aromatic carbocycles. The Hall–Kier alpha value is -1.86. The van der Waals surface area contributed by atoms with Crippen molar-refractivity contribution in [2.45, 2.75) is 26.1 Å². The van der Waals surface area contributed by atoms with Gasteiger partial charge in [-0.3, -0.25) is 4.68 Å². The van der Waals surface area contributed by atoms with E-state index in [1.165, 1.54) is 5.69 Å². The third kappa shape index (κ3) is 3.25. The lowest BCUT2D eigenvalue weighted by atomic mass is 10.1. The molecule has 6 nitrogen and oxygen atoms in total. The number of nitrogens with zero attached hydrogens (tertiary/aromatic N) is 2. The molecule has 7 heteroatoms. The molecule has 21 heavy (non-hydrogen) atoms. The molecule has 0 spiro atoms. The van der Waals surface area contributed by atoms with Gasteiger partial charge in [0.1, 0.15) is 0 Å². The normalized spacial score (nSPS) is 13.8. The zero-order chi connectivity index (χ0) is 14.7. The maximum absolute atomic E-state index is 11.8. The van der Waals surface area contributed by atoms with Crippen molar-refractivity contribution < 1.29 is 9.53 Å². The molecule has 0 unspecified atom stereocenters. The topological polar surface area (TPSA) is 68.2 Å². The van der Waals surface area contributed by atoms with Gasteiger partial charge in [0, 0.05) is 29.6 Å². The van der Waals surface area contributed by atoms with Crippen LogP contribution in [-0.4, -0.2) is 22.4 Å². The Kier molecular flexibility index (Phi) is 4.21. The van der Waals surface area contributed by atoms with Crippen molar-refractivity contribution in [3.05, 3.63) is 39.3 Å². The van der Waals surface area contributed by atoms with Gasteiger partial charge in [0.05, 0.1) is 32.0 Å². The van der Waals surface area contributed by atoms with Crippen LogP contribution in [0.1, 0.15) is 21.8 Å². The minimum absolute atomic E-state index is 0.181. The fraction of sp³-hybridized carbons (Fsp3) is 0.429. The lowest BCUT2D eigenvalue weighted by molar-refractivity contribution is 0.108. The number of carbonyl (C=O) groups is 1. The first-order valence-corrected chi connectivity index (χ1v) is 7.77. The summed E-state index contributed by atoms with van der Waals surface area (Å²) >= 11 is 1.63. The van der Waals surface area contributed by atoms with Crippen LogP contribution in [0, 0.1) is 0 Å². The third-order valence-electron chi connectivity index (χ3n) is 3.51. The number of thiophene rings is 1. The number of aromatic nitrogens is 2. The summed E-state index contributed by atoms with van der Waals surface area (Å²) in [7, 11) is 1.94. The zero-order valence-electron chi connectivity index (χ0n) is 11.9. The van der Waals surface area contributed by atoms with E-state index in [9.17, 15) is 4.79 Å². The number of hydrogen-bond donors (Lipinski definition) is 2. The maximum atomic E-state index is 11.8. The Balaban J connectivity index is 1.54. The van der Waals surface area contributed by atoms with E-state index in [4.69, 9.17) is 4.74 Å². The van der Waals surface area contributed by atoms with Crippen molar-refractivity contribution in [3.63, 3.8) is 0 Å². The minimum Gasteiger partial charge on any atom is -0.376 e. The molecule has 0 bridgehead atoms. The standard InChI is InChI=1S/C14H18N4O2S/c1-18-13-4-5-20-9-11(13)12(17-18)8-16-14(19)15-7-10-3-2-6-21-10/h2-3,6H,4-5,7-9H2,1H3,(H2,15,16,19). The quantitative estimate of drug-likeness (QED) is 0.900. The fourth-order valence-electron chi connectivity index (χ4n) is 2.44. The van der Waals surface area contributed by atoms with E-state index in [0.717, 1.165) is 29.2 Å². The zero-order valence-corrected chi connectivity index (χ0v) is 12.7. The van der Waals surface area contributed by atoms with Crippen molar-refractivity contribution >= 4 is 17.4 Å². The first-order valence-electron chi connectivity index (χ1n) is 6.89. The third-order valence-corrected chi connectivity index (χ3v) is 4.38. The fourth-order valence-corrected chi connectivity index (χ4v) is 3.08. The van der Waals surface area contributed by atoms with Crippen molar-refractivity contribution in [1.29, 1.82) is 0 Å². The number of hydrogen-bond acceptors (Lipinski definition) is 4. The van der Waals surface area contributed by atoms with Gasteiger partial charge in [0.25, 0.3) is 0 Å². The summed E-state index contributed by atoms with van der Waals surface area (Å²) in [6, 6.07) is 3.79. The van der Waals surface area contributed by atoms with Gasteiger partial charge in [0.15, 0.2) is 0 Å². The van der Waals surface area contributed by atoms with Gasteiger partial charge in [-0.1, -0.05) is 6.07 Å². The molecule has 2 N–H and O–H groups in total. The molecule has 0 radical (unpaired) electrons. The highest BCUT2D eigenvalue weighted by atomic mass is 32.1. The summed E-state index contributed by atoms with van der Waals surface area (Å²) in [5, 5.41) is 12.2. The number of rotatable bonds is 4. The maximum Gasteiger partial charge on any atom is 0.315 e. The number of urea groups is 1. The molecule has 112 valence electrons. The molecule has 0 atom stereocenters. The van der Waals surface area contributed by atoms with Gasteiger partial charge in [-0.25, -0.2) is 4.79 Å². The molecule has 1 aliphatic heterocycles. The Labute approximate surface area is 127 Å². The van der Waals surface area contributed by atoms with Gasteiger partial charge in [-0.05, 0) is 11.4 Å². The van der Waals surface area contributed by atoms with E-state index in [1.54, 1.807) is 11.3 Å². The highest BCUT2D eigenvalue weighted by molar-refractivity contribution is 7.09. The van der Waals surface area contributed by atoms with Crippen molar-refractivity contribution in [2.24, 2.45) is 7.05 Å². The highest BCUT2D eigenvalue weighted by Crippen LogP contribution is 2.19. The predicted molar refractivity (Wildman–Crippen MR) is 80.0 cm³/mol. The SMILES string of the molecule is Cn1nc(CNC(=O)NCc2cccs2)c2c1CCOC2. The van der Waals surface area contributed by atoms with Gasteiger partial charge >= 0.3 is 6.03 Å². The first-order chi connectivity index (χ1) is 10.2. The monoisotopic (exact) mass is 306 g/mol. The smallest absolute Gasteiger partial charge is 0.315 e. The van der Waals surface area contributed by atoms with Crippen LogP contribution in [0.4, 0.5) is 4.79 Å². The number of fused-ring (bicyclic) bond motifs is 1. The van der Waals surface area contributed by atoms with Crippen molar-refractivity contribution in [1.82, 2.24) is 20.4 Å². The van der Waals surface area contributed by atoms with Crippen molar-refractivity contribution in [3.8, 4) is 0 Å². The highest BCUT2D eigenvalue weighted by Gasteiger charge is 2.19. The number of aryl methyl sites for hydroxylation is 1. The van der Waals surface area contributed by atoms with Gasteiger partial charge in [0.2, 0.25) is 0 Å². The molecule has 0 aliphatic carbocycles. The molecule has 0 fully saturated rings. The summed E-state index contributed by atoms with van der Waals surface area (Å²) in [5.74, 6) is 0. The van der Waals surface area contributed by atoms with E-state index in [2.05, 4.69) is 15.7 Å². The van der Waals surface area contributed by atoms with E-state index in [1.807, 2.05) is 29.2 Å². The van der Waals surface area contributed by atoms with E-state index < -0.39 is 0 Å². The number of amides is 2. The van der Waals surface area contributed by atoms with Crippen LogP contribution < -0.4 is 10.6 Å². The van der Waals surface area contributed by atoms with Crippen LogP contribution in [0.25, 0.3) is 0 Å². The van der Waals surface area contributed by atoms with Crippen LogP contribution in [0.5, 0.6) is 0 Å². The van der Waals surface area contributed by atoms with E-state index in [0.29, 0.717) is 19.7 Å². The lowest BCUT2D eigenvalue weighted by Crippen LogP contribution is -2.34. The average Bonchev–Trinajstić information content (AvgIpc) is 3.12. The number of nitrogens with one attached hydrogen (secondary N) is 2. The molecule has 3 rings (SSSR count). The Morgan fingerprint density at radius 1 is 1.48 bits per heavy atom. The van der Waals surface area contributed by atoms with Crippen molar-refractivity contribution in [2.75, 3.05) is 6.61 Å². The van der Waals surface area contributed by atoms with Crippen LogP contribution in [-0.2, 0) is 37.9 Å². The molecule has 3 heterocycles. The summed E-state index contributed by atoms with van der Waals surface area (Å²) < 4.78 is 7.36. The molecule has 2 amide bonds. The average molecular weight is 306 g/mol. The van der Waals surface area contributed by atoms with Crippen LogP contribution in [0.2, 0.25) is 0 Å². The van der Waals surface area contributed by atoms with Crippen LogP contribution in [0.3, 0.4) is 0 Å². The van der Waals surface area contributed by atoms with Crippen LogP contribution in [0.15, 0.2) is 17.5 Å². The molecule has 2 aromatic heterocycles. The van der Waals surface area contributed by atoms with Gasteiger partial charge < -0.3 is 15.4 Å². The van der Waals surface area contributed by atoms with E-state index >= 15 is 0 Å². The molecular formula is C14H18N4O2S. The van der Waals surface area contributed by atoms with Crippen LogP contribution >= 0.6 is 11.3 Å². The Morgan fingerprint density at radius 3 is 3.14 bits per heavy atom. The van der Waals surface area contributed by atoms with Gasteiger partial charge in [-0.2, -0.15) is 5.10 Å². The molecule has 1 aliphatic rings.